The zero-order valence-corrected chi connectivity index (χ0v) is 26.8. The maximum absolute atomic E-state index is 12.9. The number of ether oxygens (including phenoxy) is 3. The van der Waals surface area contributed by atoms with Crippen LogP contribution >= 0.6 is 20.3 Å². The summed E-state index contributed by atoms with van der Waals surface area (Å²) in [6.07, 6.45) is 1.27. The van der Waals surface area contributed by atoms with Gasteiger partial charge in [-0.25, -0.2) is 4.67 Å². The van der Waals surface area contributed by atoms with Crippen molar-refractivity contribution in [2.24, 2.45) is 11.3 Å². The van der Waals surface area contributed by atoms with E-state index < -0.39 is 8.53 Å². The second-order valence-electron chi connectivity index (χ2n) is 11.4. The van der Waals surface area contributed by atoms with Gasteiger partial charge in [0.25, 0.3) is 8.53 Å². The van der Waals surface area contributed by atoms with E-state index in [2.05, 4.69) is 53.1 Å². The first kappa shape index (κ1) is 31.4. The number of hydrogen-bond acceptors (Lipinski definition) is 8. The van der Waals surface area contributed by atoms with Crippen LogP contribution in [0.5, 0.6) is 0 Å². The van der Waals surface area contributed by atoms with Crippen LogP contribution in [0.25, 0.3) is 0 Å². The van der Waals surface area contributed by atoms with E-state index in [1.54, 1.807) is 0 Å². The lowest BCUT2D eigenvalue weighted by atomic mass is 9.83. The molecule has 0 saturated carbocycles. The first-order chi connectivity index (χ1) is 19.1. The molecule has 0 amide bonds. The normalized spacial score (nSPS) is 26.9. The van der Waals surface area contributed by atoms with Crippen LogP contribution in [0.3, 0.4) is 0 Å². The quantitative estimate of drug-likeness (QED) is 0.173. The summed E-state index contributed by atoms with van der Waals surface area (Å²) >= 11 is 1.25. The molecule has 2 fully saturated rings. The van der Waals surface area contributed by atoms with E-state index in [1.807, 2.05) is 31.2 Å². The van der Waals surface area contributed by atoms with Gasteiger partial charge in [0.2, 0.25) is 5.12 Å². The van der Waals surface area contributed by atoms with Crippen LogP contribution < -0.4 is 0 Å². The highest BCUT2D eigenvalue weighted by atomic mass is 32.2. The smallest absolute Gasteiger partial charge is 0.259 e. The maximum Gasteiger partial charge on any atom is 0.259 e. The third-order valence-corrected chi connectivity index (χ3v) is 11.0. The predicted molar refractivity (Wildman–Crippen MR) is 160 cm³/mol. The molecule has 222 valence electrons. The average Bonchev–Trinajstić information content (AvgIpc) is 3.22. The summed E-state index contributed by atoms with van der Waals surface area (Å²) in [6.45, 7) is 19.0. The lowest BCUT2D eigenvalue weighted by Crippen LogP contribution is -2.37. The van der Waals surface area contributed by atoms with Gasteiger partial charge in [0, 0.05) is 41.7 Å². The fourth-order valence-corrected chi connectivity index (χ4v) is 7.65. The summed E-state index contributed by atoms with van der Waals surface area (Å²) in [5.41, 5.74) is 1.68. The Labute approximate surface area is 243 Å². The van der Waals surface area contributed by atoms with Gasteiger partial charge in [-0.2, -0.15) is 0 Å². The van der Waals surface area contributed by atoms with Crippen molar-refractivity contribution in [3.63, 3.8) is 0 Å². The number of rotatable bonds is 13. The summed E-state index contributed by atoms with van der Waals surface area (Å²) in [7, 11) is -1.38. The lowest BCUT2D eigenvalue weighted by molar-refractivity contribution is -0.235. The Kier molecular flexibility index (Phi) is 12.1. The van der Waals surface area contributed by atoms with Gasteiger partial charge in [-0.1, -0.05) is 56.8 Å². The standard InChI is InChI=1S/C30H50NO6PS/c1-10-30(11-2)18-33-29(34-19-30)26-14-12-25(13-15-26)28(32)39-17-16-35-38(31(20(3)4)21(5)6)37-27-22(7)23(8)36-24(27)9/h12-15,20-24,27,29H,10-11,16-19H2,1-9H3/i9D. The number of nitrogens with zero attached hydrogens (tertiary/aromatic N) is 1. The molecule has 2 saturated heterocycles. The molecule has 9 heteroatoms. The molecular formula is C30H50NO6PS. The Balaban J connectivity index is 1.54. The lowest BCUT2D eigenvalue weighted by Gasteiger charge is -2.39. The molecule has 2 aliphatic heterocycles. The molecule has 2 heterocycles. The van der Waals surface area contributed by atoms with Crippen LogP contribution in [0.4, 0.5) is 0 Å². The van der Waals surface area contributed by atoms with E-state index in [1.165, 1.54) is 11.8 Å². The summed E-state index contributed by atoms with van der Waals surface area (Å²) in [4.78, 5) is 12.9. The van der Waals surface area contributed by atoms with Crippen LogP contribution in [-0.2, 0) is 23.3 Å². The van der Waals surface area contributed by atoms with Crippen molar-refractivity contribution in [1.82, 2.24) is 4.67 Å². The van der Waals surface area contributed by atoms with Crippen LogP contribution in [-0.4, -0.2) is 65.8 Å². The van der Waals surface area contributed by atoms with Crippen LogP contribution in [0, 0.1) is 11.3 Å². The molecular weight excluding hydrogens is 533 g/mol. The van der Waals surface area contributed by atoms with Crippen molar-refractivity contribution < 1.29 is 29.4 Å². The van der Waals surface area contributed by atoms with E-state index in [0.717, 1.165) is 18.4 Å². The monoisotopic (exact) mass is 584 g/mol. The minimum atomic E-state index is -1.38. The Morgan fingerprint density at radius 2 is 1.72 bits per heavy atom. The van der Waals surface area contributed by atoms with Gasteiger partial charge in [0.05, 0.1) is 38.1 Å². The van der Waals surface area contributed by atoms with E-state index in [9.17, 15) is 4.79 Å². The van der Waals surface area contributed by atoms with Crippen LogP contribution in [0.15, 0.2) is 24.3 Å². The van der Waals surface area contributed by atoms with Crippen molar-refractivity contribution in [1.29, 1.82) is 0 Å². The van der Waals surface area contributed by atoms with Crippen LogP contribution in [0.1, 0.15) is 98.7 Å². The first-order valence-corrected chi connectivity index (χ1v) is 16.5. The van der Waals surface area contributed by atoms with Gasteiger partial charge in [-0.15, -0.1) is 0 Å². The molecule has 0 N–H and O–H groups in total. The maximum atomic E-state index is 12.9. The molecule has 0 bridgehead atoms. The molecule has 3 rings (SSSR count). The van der Waals surface area contributed by atoms with Gasteiger partial charge in [0.15, 0.2) is 6.29 Å². The third-order valence-electron chi connectivity index (χ3n) is 7.99. The van der Waals surface area contributed by atoms with Gasteiger partial charge < -0.3 is 23.3 Å². The number of benzene rings is 1. The molecule has 7 nitrogen and oxygen atoms in total. The highest BCUT2D eigenvalue weighted by Gasteiger charge is 2.42. The predicted octanol–water partition coefficient (Wildman–Crippen LogP) is 7.60. The first-order valence-electron chi connectivity index (χ1n) is 15.1. The van der Waals surface area contributed by atoms with Gasteiger partial charge in [-0.3, -0.25) is 4.79 Å². The van der Waals surface area contributed by atoms with Crippen molar-refractivity contribution >= 4 is 25.4 Å². The molecule has 1 aromatic rings. The second-order valence-corrected chi connectivity index (χ2v) is 13.8. The molecule has 2 aliphatic rings. The summed E-state index contributed by atoms with van der Waals surface area (Å²) in [5, 5.41) is 0.00680. The molecule has 0 aliphatic carbocycles. The molecule has 0 radical (unpaired) electrons. The minimum absolute atomic E-state index is 0.00680. The second kappa shape index (κ2) is 15.1. The van der Waals surface area contributed by atoms with E-state index in [-0.39, 0.29) is 60.0 Å². The SMILES string of the molecule is [2H]CC1OC(C)C(C)C1OP(OCCSC(=O)c1ccc(C2OCC(CC)(CC)CO2)cc1)N(C(C)C)C(C)C. The Bertz CT molecular complexity index is 900. The van der Waals surface area contributed by atoms with Gasteiger partial charge >= 0.3 is 0 Å². The highest BCUT2D eigenvalue weighted by Crippen LogP contribution is 2.50. The summed E-state index contributed by atoms with van der Waals surface area (Å²) in [5.74, 6) is 0.696. The van der Waals surface area contributed by atoms with Crippen molar-refractivity contribution in [3.05, 3.63) is 35.4 Å². The zero-order chi connectivity index (χ0) is 29.4. The third kappa shape index (κ3) is 8.48. The van der Waals surface area contributed by atoms with E-state index in [4.69, 9.17) is 24.6 Å². The molecule has 0 aromatic heterocycles. The van der Waals surface area contributed by atoms with Crippen LogP contribution in [0.2, 0.25) is 0 Å². The molecule has 39 heavy (non-hydrogen) atoms. The zero-order valence-electron chi connectivity index (χ0n) is 26.1. The number of hydrogen-bond donors (Lipinski definition) is 0. The molecule has 5 unspecified atom stereocenters. The van der Waals surface area contributed by atoms with Gasteiger partial charge in [-0.05, 0) is 54.4 Å². The largest absolute Gasteiger partial charge is 0.372 e. The molecule has 1 aromatic carbocycles. The van der Waals surface area contributed by atoms with E-state index in [0.29, 0.717) is 31.1 Å². The average molecular weight is 585 g/mol. The minimum Gasteiger partial charge on any atom is -0.372 e. The van der Waals surface area contributed by atoms with Gasteiger partial charge in [0.1, 0.15) is 0 Å². The Hall–Kier alpha value is -0.570. The van der Waals surface area contributed by atoms with E-state index >= 15 is 0 Å². The Morgan fingerprint density at radius 1 is 1.10 bits per heavy atom. The number of carbonyl (C=O) groups is 1. The topological polar surface area (TPSA) is 66.5 Å². The number of thioether (sulfide) groups is 1. The number of carbonyl (C=O) groups excluding carboxylic acids is 1. The van der Waals surface area contributed by atoms with Crippen molar-refractivity contribution in [3.8, 4) is 0 Å². The summed E-state index contributed by atoms with van der Waals surface area (Å²) < 4.78 is 41.1. The molecule has 5 atom stereocenters. The fraction of sp³-hybridized carbons (Fsp3) is 0.767. The fourth-order valence-electron chi connectivity index (χ4n) is 5.03. The van der Waals surface area contributed by atoms with Crippen molar-refractivity contribution in [2.45, 2.75) is 112 Å². The highest BCUT2D eigenvalue weighted by molar-refractivity contribution is 8.14. The summed E-state index contributed by atoms with van der Waals surface area (Å²) in [6, 6.07) is 7.98. The van der Waals surface area contributed by atoms with Crippen molar-refractivity contribution in [2.75, 3.05) is 25.6 Å². The molecule has 0 spiro atoms. The Morgan fingerprint density at radius 3 is 2.26 bits per heavy atom.